The van der Waals surface area contributed by atoms with Crippen LogP contribution in [0.1, 0.15) is 89.3 Å². The highest BCUT2D eigenvalue weighted by molar-refractivity contribution is 5.44. The number of hydrogen-bond donors (Lipinski definition) is 1. The Balaban J connectivity index is 0. The van der Waals surface area contributed by atoms with E-state index < -0.39 is 0 Å². The largest absolute Gasteiger partial charge is 0.316 e. The van der Waals surface area contributed by atoms with E-state index in [1.807, 2.05) is 13.8 Å². The average molecular weight is 362 g/mol. The predicted octanol–water partition coefficient (Wildman–Crippen LogP) is 6.75. The van der Waals surface area contributed by atoms with Crippen LogP contribution in [-0.2, 0) is 4.79 Å². The first-order valence-electron chi connectivity index (χ1n) is 10.3. The van der Waals surface area contributed by atoms with Crippen molar-refractivity contribution in [3.63, 3.8) is 0 Å². The van der Waals surface area contributed by atoms with E-state index in [2.05, 4.69) is 57.8 Å². The quantitative estimate of drug-likeness (QED) is 0.464. The molecule has 0 saturated carbocycles. The Morgan fingerprint density at radius 3 is 2.08 bits per heavy atom. The van der Waals surface area contributed by atoms with Gasteiger partial charge in [0.1, 0.15) is 6.29 Å². The Kier molecular flexibility index (Phi) is 19.0. The van der Waals surface area contributed by atoms with Crippen molar-refractivity contribution < 1.29 is 4.79 Å². The van der Waals surface area contributed by atoms with Gasteiger partial charge in [0.2, 0.25) is 0 Å². The van der Waals surface area contributed by atoms with Crippen molar-refractivity contribution in [2.24, 2.45) is 0 Å². The van der Waals surface area contributed by atoms with Crippen LogP contribution in [0.15, 0.2) is 30.4 Å². The molecule has 1 aliphatic heterocycles. The van der Waals surface area contributed by atoms with Crippen molar-refractivity contribution in [1.82, 2.24) is 5.32 Å². The summed E-state index contributed by atoms with van der Waals surface area (Å²) >= 11 is 0. The van der Waals surface area contributed by atoms with Gasteiger partial charge in [-0.15, -0.1) is 0 Å². The third kappa shape index (κ3) is 12.9. The second-order valence-corrected chi connectivity index (χ2v) is 6.52. The third-order valence-electron chi connectivity index (χ3n) is 4.27. The Hall–Kier alpha value is -1.41. The molecule has 26 heavy (non-hydrogen) atoms. The van der Waals surface area contributed by atoms with Crippen LogP contribution in [0, 0.1) is 13.8 Å². The first-order valence-corrected chi connectivity index (χ1v) is 10.3. The maximum atomic E-state index is 8.81. The van der Waals surface area contributed by atoms with Gasteiger partial charge < -0.3 is 10.1 Å². The molecule has 0 bridgehead atoms. The highest BCUT2D eigenvalue weighted by Gasteiger charge is 2.16. The lowest BCUT2D eigenvalue weighted by molar-refractivity contribution is -0.106. The first kappa shape index (κ1) is 26.8. The van der Waals surface area contributed by atoms with Gasteiger partial charge in [0, 0.05) is 6.54 Å². The van der Waals surface area contributed by atoms with E-state index in [0.717, 1.165) is 18.7 Å². The van der Waals surface area contributed by atoms with Gasteiger partial charge in [-0.25, -0.2) is 0 Å². The van der Waals surface area contributed by atoms with Crippen LogP contribution in [0.2, 0.25) is 0 Å². The van der Waals surface area contributed by atoms with E-state index in [-0.39, 0.29) is 0 Å². The van der Waals surface area contributed by atoms with E-state index in [0.29, 0.717) is 0 Å². The zero-order valence-electron chi connectivity index (χ0n) is 18.5. The first-order chi connectivity index (χ1) is 12.5. The molecular formula is C24H43NO. The second kappa shape index (κ2) is 18.4. The van der Waals surface area contributed by atoms with Crippen molar-refractivity contribution in [2.45, 2.75) is 86.5 Å². The van der Waals surface area contributed by atoms with E-state index in [4.69, 9.17) is 4.79 Å². The standard InChI is InChI=1S/C12H17N.C8H16.C2H4O.C2H6/c1-9-3-4-11(7-10(9)2)12-5-6-13-8-12;1-4-6-8(3)7-5-2;1-2-3;1-2/h3-4,7,12-13H,5-6,8H2,1-2H3;3-7H2,1-2H3;2H,1H3;1-2H3. The fourth-order valence-corrected chi connectivity index (χ4v) is 2.79. The van der Waals surface area contributed by atoms with Gasteiger partial charge in [-0.1, -0.05) is 70.9 Å². The number of rotatable bonds is 5. The van der Waals surface area contributed by atoms with Crippen molar-refractivity contribution in [3.8, 4) is 0 Å². The van der Waals surface area contributed by atoms with Gasteiger partial charge in [0.05, 0.1) is 0 Å². The molecule has 1 fully saturated rings. The summed E-state index contributed by atoms with van der Waals surface area (Å²) in [5, 5.41) is 3.40. The maximum Gasteiger partial charge on any atom is 0.116 e. The van der Waals surface area contributed by atoms with Crippen LogP contribution in [0.25, 0.3) is 0 Å². The van der Waals surface area contributed by atoms with E-state index >= 15 is 0 Å². The number of allylic oxidation sites excluding steroid dienone is 1. The molecule has 2 nitrogen and oxygen atoms in total. The van der Waals surface area contributed by atoms with Crippen molar-refractivity contribution in [2.75, 3.05) is 13.1 Å². The summed E-state index contributed by atoms with van der Waals surface area (Å²) in [5.74, 6) is 0.749. The van der Waals surface area contributed by atoms with Crippen LogP contribution in [0.3, 0.4) is 0 Å². The summed E-state index contributed by atoms with van der Waals surface area (Å²) in [6, 6.07) is 6.86. The maximum absolute atomic E-state index is 8.81. The molecule has 1 N–H and O–H groups in total. The highest BCUT2D eigenvalue weighted by atomic mass is 16.1. The number of carbonyl (C=O) groups is 1. The topological polar surface area (TPSA) is 29.1 Å². The molecule has 2 rings (SSSR count). The van der Waals surface area contributed by atoms with Crippen LogP contribution < -0.4 is 5.32 Å². The Morgan fingerprint density at radius 2 is 1.69 bits per heavy atom. The van der Waals surface area contributed by atoms with Crippen molar-refractivity contribution in [1.29, 1.82) is 0 Å². The summed E-state index contributed by atoms with van der Waals surface area (Å²) in [5.41, 5.74) is 5.74. The average Bonchev–Trinajstić information content (AvgIpc) is 3.16. The smallest absolute Gasteiger partial charge is 0.116 e. The normalized spacial score (nSPS) is 14.7. The van der Waals surface area contributed by atoms with Crippen LogP contribution in [-0.4, -0.2) is 19.4 Å². The third-order valence-corrected chi connectivity index (χ3v) is 4.27. The van der Waals surface area contributed by atoms with Gasteiger partial charge >= 0.3 is 0 Å². The van der Waals surface area contributed by atoms with Gasteiger partial charge in [0.25, 0.3) is 0 Å². The molecule has 0 spiro atoms. The van der Waals surface area contributed by atoms with Crippen molar-refractivity contribution >= 4 is 6.29 Å². The summed E-state index contributed by atoms with van der Waals surface area (Å²) in [6.07, 6.45) is 6.97. The molecule has 2 heteroatoms. The molecular weight excluding hydrogens is 318 g/mol. The molecule has 1 aromatic carbocycles. The molecule has 1 atom stereocenters. The number of benzene rings is 1. The number of carbonyl (C=O) groups excluding carboxylic acids is 1. The minimum Gasteiger partial charge on any atom is -0.316 e. The van der Waals surface area contributed by atoms with Gasteiger partial charge in [0.15, 0.2) is 0 Å². The Labute approximate surface area is 163 Å². The lowest BCUT2D eigenvalue weighted by Gasteiger charge is -2.10. The van der Waals surface area contributed by atoms with E-state index in [1.165, 1.54) is 67.8 Å². The molecule has 1 heterocycles. The number of nitrogens with one attached hydrogen (secondary N) is 1. The second-order valence-electron chi connectivity index (χ2n) is 6.52. The highest BCUT2D eigenvalue weighted by Crippen LogP contribution is 2.23. The van der Waals surface area contributed by atoms with E-state index in [1.54, 1.807) is 0 Å². The Morgan fingerprint density at radius 1 is 1.15 bits per heavy atom. The summed E-state index contributed by atoms with van der Waals surface area (Å²) in [7, 11) is 0. The number of hydrogen-bond acceptors (Lipinski definition) is 2. The molecule has 150 valence electrons. The van der Waals surface area contributed by atoms with Crippen molar-refractivity contribution in [3.05, 3.63) is 47.0 Å². The molecule has 0 aromatic heterocycles. The van der Waals surface area contributed by atoms with Gasteiger partial charge in [-0.2, -0.15) is 0 Å². The molecule has 1 aliphatic rings. The summed E-state index contributed by atoms with van der Waals surface area (Å²) < 4.78 is 0. The minimum absolute atomic E-state index is 0.749. The summed E-state index contributed by atoms with van der Waals surface area (Å²) in [4.78, 5) is 8.81. The zero-order valence-corrected chi connectivity index (χ0v) is 18.5. The molecule has 1 aromatic rings. The lowest BCUT2D eigenvalue weighted by atomic mass is 9.95. The molecule has 0 radical (unpaired) electrons. The summed E-state index contributed by atoms with van der Waals surface area (Å²) in [6.45, 7) is 20.5. The van der Waals surface area contributed by atoms with Gasteiger partial charge in [-0.3, -0.25) is 0 Å². The van der Waals surface area contributed by atoms with E-state index in [9.17, 15) is 0 Å². The molecule has 0 aliphatic carbocycles. The SMILES string of the molecule is C=C(CCC)CCC.CC.CC=O.Cc1ccc(C2CCNC2)cc1C. The van der Waals surface area contributed by atoms with Gasteiger partial charge in [-0.05, 0) is 69.2 Å². The zero-order chi connectivity index (χ0) is 20.4. The number of aldehydes is 1. The number of aryl methyl sites for hydroxylation is 2. The predicted molar refractivity (Wildman–Crippen MR) is 118 cm³/mol. The van der Waals surface area contributed by atoms with Crippen LogP contribution >= 0.6 is 0 Å². The Bertz CT molecular complexity index is 465. The fraction of sp³-hybridized carbons (Fsp3) is 0.625. The lowest BCUT2D eigenvalue weighted by Crippen LogP contribution is -2.08. The van der Waals surface area contributed by atoms with Crippen LogP contribution in [0.4, 0.5) is 0 Å². The van der Waals surface area contributed by atoms with Crippen LogP contribution in [0.5, 0.6) is 0 Å². The minimum atomic E-state index is 0.749. The monoisotopic (exact) mass is 361 g/mol. The molecule has 0 amide bonds. The molecule has 1 saturated heterocycles. The fourth-order valence-electron chi connectivity index (χ4n) is 2.79. The molecule has 1 unspecified atom stereocenters.